The van der Waals surface area contributed by atoms with E-state index in [1.54, 1.807) is 0 Å². The highest BCUT2D eigenvalue weighted by Crippen LogP contribution is 2.25. The SMILES string of the molecule is CN[C@H]1CC(C)CCC[C@@H](C)C1. The first kappa shape index (κ1) is 10.0. The number of hydrogen-bond donors (Lipinski definition) is 1. The van der Waals surface area contributed by atoms with E-state index in [0.29, 0.717) is 0 Å². The standard InChI is InChI=1S/C11H23N/c1-9-5-4-6-10(2)8-11(7-9)12-3/h9-12H,4-8H2,1-3H3/t9-,10?,11-/m1/s1. The van der Waals surface area contributed by atoms with Crippen molar-refractivity contribution in [1.29, 1.82) is 0 Å². The molecule has 3 atom stereocenters. The van der Waals surface area contributed by atoms with Crippen molar-refractivity contribution < 1.29 is 0 Å². The second kappa shape index (κ2) is 4.86. The quantitative estimate of drug-likeness (QED) is 0.636. The van der Waals surface area contributed by atoms with E-state index < -0.39 is 0 Å². The summed E-state index contributed by atoms with van der Waals surface area (Å²) >= 11 is 0. The highest BCUT2D eigenvalue weighted by atomic mass is 14.9. The van der Waals surface area contributed by atoms with Gasteiger partial charge in [-0.25, -0.2) is 0 Å². The molecule has 0 aromatic carbocycles. The molecule has 0 aromatic heterocycles. The third kappa shape index (κ3) is 3.14. The van der Waals surface area contributed by atoms with Crippen LogP contribution >= 0.6 is 0 Å². The van der Waals surface area contributed by atoms with Crippen LogP contribution in [0.25, 0.3) is 0 Å². The van der Waals surface area contributed by atoms with Crippen molar-refractivity contribution in [1.82, 2.24) is 5.32 Å². The van der Waals surface area contributed by atoms with Gasteiger partial charge in [-0.3, -0.25) is 0 Å². The minimum absolute atomic E-state index is 0.773. The van der Waals surface area contributed by atoms with Gasteiger partial charge in [0, 0.05) is 6.04 Å². The topological polar surface area (TPSA) is 12.0 Å². The molecule has 72 valence electrons. The summed E-state index contributed by atoms with van der Waals surface area (Å²) in [5.41, 5.74) is 0. The van der Waals surface area contributed by atoms with Crippen LogP contribution in [0.2, 0.25) is 0 Å². The van der Waals surface area contributed by atoms with Gasteiger partial charge in [0.1, 0.15) is 0 Å². The maximum absolute atomic E-state index is 3.43. The summed E-state index contributed by atoms with van der Waals surface area (Å²) in [5, 5.41) is 3.43. The molecule has 1 fully saturated rings. The van der Waals surface area contributed by atoms with E-state index in [-0.39, 0.29) is 0 Å². The summed E-state index contributed by atoms with van der Waals surface area (Å²) in [5.74, 6) is 1.85. The second-order valence-corrected chi connectivity index (χ2v) is 4.60. The molecule has 0 spiro atoms. The fraction of sp³-hybridized carbons (Fsp3) is 1.00. The predicted molar refractivity (Wildman–Crippen MR) is 54.3 cm³/mol. The fourth-order valence-electron chi connectivity index (χ4n) is 2.35. The predicted octanol–water partition coefficient (Wildman–Crippen LogP) is 2.81. The maximum atomic E-state index is 3.43. The normalized spacial score (nSPS) is 38.8. The van der Waals surface area contributed by atoms with Gasteiger partial charge in [-0.1, -0.05) is 33.1 Å². The van der Waals surface area contributed by atoms with Crippen LogP contribution in [-0.2, 0) is 0 Å². The lowest BCUT2D eigenvalue weighted by molar-refractivity contribution is 0.292. The molecule has 1 N–H and O–H groups in total. The number of hydrogen-bond acceptors (Lipinski definition) is 1. The first-order chi connectivity index (χ1) is 5.72. The van der Waals surface area contributed by atoms with Crippen LogP contribution in [0.1, 0.15) is 46.0 Å². The molecule has 0 amide bonds. The highest BCUT2D eigenvalue weighted by molar-refractivity contribution is 4.74. The Bertz CT molecular complexity index is 110. The Balaban J connectivity index is 2.39. The molecule has 1 nitrogen and oxygen atoms in total. The molecular formula is C11H23N. The van der Waals surface area contributed by atoms with Gasteiger partial charge in [-0.05, 0) is 31.7 Å². The van der Waals surface area contributed by atoms with Crippen LogP contribution in [0.5, 0.6) is 0 Å². The monoisotopic (exact) mass is 169 g/mol. The van der Waals surface area contributed by atoms with Crippen molar-refractivity contribution in [3.05, 3.63) is 0 Å². The van der Waals surface area contributed by atoms with Crippen molar-refractivity contribution in [2.75, 3.05) is 7.05 Å². The van der Waals surface area contributed by atoms with Gasteiger partial charge in [-0.15, -0.1) is 0 Å². The molecule has 0 saturated heterocycles. The van der Waals surface area contributed by atoms with E-state index in [0.717, 1.165) is 17.9 Å². The molecule has 0 bridgehead atoms. The lowest BCUT2D eigenvalue weighted by Crippen LogP contribution is -2.30. The zero-order valence-electron chi connectivity index (χ0n) is 8.77. The van der Waals surface area contributed by atoms with Crippen molar-refractivity contribution in [2.24, 2.45) is 11.8 Å². The van der Waals surface area contributed by atoms with Crippen molar-refractivity contribution >= 4 is 0 Å². The third-order valence-electron chi connectivity index (χ3n) is 3.18. The highest BCUT2D eigenvalue weighted by Gasteiger charge is 2.17. The van der Waals surface area contributed by atoms with Crippen molar-refractivity contribution in [2.45, 2.75) is 52.0 Å². The van der Waals surface area contributed by atoms with Crippen molar-refractivity contribution in [3.8, 4) is 0 Å². The van der Waals surface area contributed by atoms with Crippen molar-refractivity contribution in [3.63, 3.8) is 0 Å². The van der Waals surface area contributed by atoms with Gasteiger partial charge in [-0.2, -0.15) is 0 Å². The van der Waals surface area contributed by atoms with E-state index in [4.69, 9.17) is 0 Å². The van der Waals surface area contributed by atoms with Gasteiger partial charge in [0.25, 0.3) is 0 Å². The summed E-state index contributed by atoms with van der Waals surface area (Å²) in [7, 11) is 2.10. The number of nitrogens with one attached hydrogen (secondary N) is 1. The zero-order valence-corrected chi connectivity index (χ0v) is 8.77. The van der Waals surface area contributed by atoms with E-state index in [2.05, 4.69) is 26.2 Å². The molecule has 1 aliphatic rings. The van der Waals surface area contributed by atoms with Crippen LogP contribution in [-0.4, -0.2) is 13.1 Å². The maximum Gasteiger partial charge on any atom is 0.00691 e. The Kier molecular flexibility index (Phi) is 4.07. The Hall–Kier alpha value is -0.0400. The smallest absolute Gasteiger partial charge is 0.00691 e. The van der Waals surface area contributed by atoms with Crippen LogP contribution in [0, 0.1) is 11.8 Å². The molecule has 0 heterocycles. The van der Waals surface area contributed by atoms with E-state index in [1.165, 1.54) is 32.1 Å². The Morgan fingerprint density at radius 3 is 1.92 bits per heavy atom. The van der Waals surface area contributed by atoms with Crippen LogP contribution < -0.4 is 5.32 Å². The molecule has 1 aliphatic carbocycles. The molecule has 12 heavy (non-hydrogen) atoms. The molecular weight excluding hydrogens is 146 g/mol. The minimum Gasteiger partial charge on any atom is -0.317 e. The van der Waals surface area contributed by atoms with E-state index in [9.17, 15) is 0 Å². The molecule has 1 unspecified atom stereocenters. The van der Waals surface area contributed by atoms with Gasteiger partial charge in [0.05, 0.1) is 0 Å². The lowest BCUT2D eigenvalue weighted by Gasteiger charge is -2.27. The molecule has 1 heteroatoms. The molecule has 1 saturated carbocycles. The molecule has 1 rings (SSSR count). The van der Waals surface area contributed by atoms with Crippen LogP contribution in [0.4, 0.5) is 0 Å². The minimum atomic E-state index is 0.773. The van der Waals surface area contributed by atoms with Gasteiger partial charge >= 0.3 is 0 Å². The molecule has 0 aliphatic heterocycles. The third-order valence-corrected chi connectivity index (χ3v) is 3.18. The molecule has 0 radical (unpaired) electrons. The van der Waals surface area contributed by atoms with Crippen LogP contribution in [0.3, 0.4) is 0 Å². The summed E-state index contributed by atoms with van der Waals surface area (Å²) < 4.78 is 0. The van der Waals surface area contributed by atoms with Crippen LogP contribution in [0.15, 0.2) is 0 Å². The summed E-state index contributed by atoms with van der Waals surface area (Å²) in [6.07, 6.45) is 7.06. The Labute approximate surface area is 76.9 Å². The summed E-state index contributed by atoms with van der Waals surface area (Å²) in [6.45, 7) is 4.78. The second-order valence-electron chi connectivity index (χ2n) is 4.60. The molecule has 0 aromatic rings. The average Bonchev–Trinajstić information content (AvgIpc) is 2.00. The zero-order chi connectivity index (χ0) is 8.97. The number of rotatable bonds is 1. The average molecular weight is 169 g/mol. The Morgan fingerprint density at radius 2 is 1.50 bits per heavy atom. The first-order valence-corrected chi connectivity index (χ1v) is 5.39. The van der Waals surface area contributed by atoms with Gasteiger partial charge in [0.2, 0.25) is 0 Å². The van der Waals surface area contributed by atoms with Gasteiger partial charge < -0.3 is 5.32 Å². The first-order valence-electron chi connectivity index (χ1n) is 5.39. The lowest BCUT2D eigenvalue weighted by atomic mass is 9.85. The van der Waals surface area contributed by atoms with E-state index in [1.807, 2.05) is 0 Å². The van der Waals surface area contributed by atoms with E-state index >= 15 is 0 Å². The fourth-order valence-corrected chi connectivity index (χ4v) is 2.35. The summed E-state index contributed by atoms with van der Waals surface area (Å²) in [6, 6.07) is 0.773. The van der Waals surface area contributed by atoms with Gasteiger partial charge in [0.15, 0.2) is 0 Å². The largest absolute Gasteiger partial charge is 0.317 e. The Morgan fingerprint density at radius 1 is 1.00 bits per heavy atom. The summed E-state index contributed by atoms with van der Waals surface area (Å²) in [4.78, 5) is 0.